The molecular weight excluding hydrogens is 213 g/mol. The van der Waals surface area contributed by atoms with Crippen LogP contribution in [0.5, 0.6) is 5.75 Å². The predicted octanol–water partition coefficient (Wildman–Crippen LogP) is 3.35. The zero-order chi connectivity index (χ0) is 10.6. The summed E-state index contributed by atoms with van der Waals surface area (Å²) in [6.07, 6.45) is -2.43. The minimum atomic E-state index is -4.28. The van der Waals surface area contributed by atoms with Crippen LogP contribution in [0.1, 0.15) is 0 Å². The Balaban J connectivity index is 2.59. The second kappa shape index (κ2) is 4.59. The third-order valence-electron chi connectivity index (χ3n) is 1.44. The van der Waals surface area contributed by atoms with Crippen LogP contribution in [0.3, 0.4) is 0 Å². The molecule has 0 aromatic heterocycles. The third kappa shape index (κ3) is 3.91. The van der Waals surface area contributed by atoms with Gasteiger partial charge in [-0.05, 0) is 24.5 Å². The predicted molar refractivity (Wildman–Crippen MR) is 49.8 cm³/mol. The number of benzene rings is 1. The van der Waals surface area contributed by atoms with Gasteiger partial charge in [-0.2, -0.15) is 13.2 Å². The average Bonchev–Trinajstić information content (AvgIpc) is 2.14. The summed E-state index contributed by atoms with van der Waals surface area (Å²) < 4.78 is 40.0. The number of hydrogen-bond acceptors (Lipinski definition) is 2. The summed E-state index contributed by atoms with van der Waals surface area (Å²) in [7, 11) is 0. The van der Waals surface area contributed by atoms with Gasteiger partial charge in [-0.25, -0.2) is 0 Å². The van der Waals surface area contributed by atoms with Crippen LogP contribution >= 0.6 is 11.8 Å². The van der Waals surface area contributed by atoms with Crippen molar-refractivity contribution in [2.45, 2.75) is 11.1 Å². The highest BCUT2D eigenvalue weighted by Crippen LogP contribution is 2.22. The Labute approximate surface area is 84.3 Å². The topological polar surface area (TPSA) is 9.23 Å². The van der Waals surface area contributed by atoms with Gasteiger partial charge in [-0.1, -0.05) is 6.07 Å². The second-order valence-electron chi connectivity index (χ2n) is 2.58. The highest BCUT2D eigenvalue weighted by atomic mass is 32.2. The smallest absolute Gasteiger partial charge is 0.422 e. The highest BCUT2D eigenvalue weighted by Gasteiger charge is 2.28. The Bertz CT molecular complexity index is 298. The normalized spacial score (nSPS) is 11.4. The summed E-state index contributed by atoms with van der Waals surface area (Å²) in [5.41, 5.74) is 0. The van der Waals surface area contributed by atoms with Gasteiger partial charge in [0.15, 0.2) is 6.61 Å². The van der Waals surface area contributed by atoms with Crippen molar-refractivity contribution < 1.29 is 17.9 Å². The van der Waals surface area contributed by atoms with Crippen molar-refractivity contribution in [3.05, 3.63) is 24.3 Å². The minimum absolute atomic E-state index is 0.245. The maximum absolute atomic E-state index is 11.8. The van der Waals surface area contributed by atoms with E-state index in [1.54, 1.807) is 12.1 Å². The van der Waals surface area contributed by atoms with Gasteiger partial charge in [0.2, 0.25) is 0 Å². The van der Waals surface area contributed by atoms with E-state index >= 15 is 0 Å². The molecule has 0 aliphatic rings. The molecule has 1 rings (SSSR count). The molecule has 1 nitrogen and oxygen atoms in total. The maximum Gasteiger partial charge on any atom is 0.422 e. The summed E-state index contributed by atoms with van der Waals surface area (Å²) in [5.74, 6) is 0.245. The molecule has 0 atom stereocenters. The first-order valence-electron chi connectivity index (χ1n) is 3.85. The lowest BCUT2D eigenvalue weighted by atomic mass is 10.3. The van der Waals surface area contributed by atoms with E-state index in [4.69, 9.17) is 0 Å². The van der Waals surface area contributed by atoms with Gasteiger partial charge < -0.3 is 4.74 Å². The van der Waals surface area contributed by atoms with Crippen molar-refractivity contribution in [2.24, 2.45) is 0 Å². The van der Waals surface area contributed by atoms with Gasteiger partial charge in [-0.15, -0.1) is 11.8 Å². The van der Waals surface area contributed by atoms with E-state index < -0.39 is 12.8 Å². The minimum Gasteiger partial charge on any atom is -0.484 e. The van der Waals surface area contributed by atoms with Crippen LogP contribution in [0.4, 0.5) is 13.2 Å². The number of rotatable bonds is 3. The molecule has 14 heavy (non-hydrogen) atoms. The quantitative estimate of drug-likeness (QED) is 0.725. The maximum atomic E-state index is 11.8. The second-order valence-corrected chi connectivity index (χ2v) is 3.46. The molecule has 0 saturated carbocycles. The number of halogens is 3. The molecular formula is C9H9F3OS. The number of ether oxygens (including phenoxy) is 1. The fraction of sp³-hybridized carbons (Fsp3) is 0.333. The van der Waals surface area contributed by atoms with E-state index in [0.717, 1.165) is 4.90 Å². The Morgan fingerprint density at radius 2 is 2.07 bits per heavy atom. The fourth-order valence-corrected chi connectivity index (χ4v) is 1.30. The summed E-state index contributed by atoms with van der Waals surface area (Å²) in [6.45, 7) is -1.25. The highest BCUT2D eigenvalue weighted by molar-refractivity contribution is 7.98. The molecule has 0 bridgehead atoms. The van der Waals surface area contributed by atoms with Gasteiger partial charge in [0.25, 0.3) is 0 Å². The summed E-state index contributed by atoms with van der Waals surface area (Å²) >= 11 is 1.46. The van der Waals surface area contributed by atoms with Gasteiger partial charge >= 0.3 is 6.18 Å². The molecule has 5 heteroatoms. The van der Waals surface area contributed by atoms with E-state index in [9.17, 15) is 13.2 Å². The Kier molecular flexibility index (Phi) is 3.69. The lowest BCUT2D eigenvalue weighted by molar-refractivity contribution is -0.153. The molecule has 0 amide bonds. The third-order valence-corrected chi connectivity index (χ3v) is 2.17. The first kappa shape index (κ1) is 11.2. The summed E-state index contributed by atoms with van der Waals surface area (Å²) in [6, 6.07) is 6.56. The van der Waals surface area contributed by atoms with Gasteiger partial charge in [0.05, 0.1) is 0 Å². The van der Waals surface area contributed by atoms with E-state index in [0.29, 0.717) is 0 Å². The molecule has 1 aromatic carbocycles. The standard InChI is InChI=1S/C9H9F3OS/c1-14-8-4-2-3-7(5-8)13-6-9(10,11)12/h2-5H,6H2,1H3. The van der Waals surface area contributed by atoms with Crippen LogP contribution < -0.4 is 4.74 Å². The van der Waals surface area contributed by atoms with Crippen molar-refractivity contribution in [1.29, 1.82) is 0 Å². The van der Waals surface area contributed by atoms with Gasteiger partial charge in [-0.3, -0.25) is 0 Å². The molecule has 0 radical (unpaired) electrons. The van der Waals surface area contributed by atoms with Crippen LogP contribution in [-0.4, -0.2) is 19.0 Å². The molecule has 0 N–H and O–H groups in total. The molecule has 0 unspecified atom stereocenters. The number of hydrogen-bond donors (Lipinski definition) is 0. The summed E-state index contributed by atoms with van der Waals surface area (Å²) in [5, 5.41) is 0. The van der Waals surface area contributed by atoms with Crippen LogP contribution in [0.25, 0.3) is 0 Å². The molecule has 0 saturated heterocycles. The SMILES string of the molecule is CSc1cccc(OCC(F)(F)F)c1. The van der Waals surface area contributed by atoms with Crippen LogP contribution in [0.2, 0.25) is 0 Å². The summed E-state index contributed by atoms with van der Waals surface area (Å²) in [4.78, 5) is 0.879. The fourth-order valence-electron chi connectivity index (χ4n) is 0.856. The zero-order valence-electron chi connectivity index (χ0n) is 7.47. The van der Waals surface area contributed by atoms with Crippen LogP contribution in [0.15, 0.2) is 29.2 Å². The molecule has 78 valence electrons. The van der Waals surface area contributed by atoms with Crippen molar-refractivity contribution in [3.8, 4) is 5.75 Å². The van der Waals surface area contributed by atoms with E-state index in [1.165, 1.54) is 17.8 Å². The lowest BCUT2D eigenvalue weighted by Gasteiger charge is -2.09. The van der Waals surface area contributed by atoms with E-state index in [1.807, 2.05) is 12.3 Å². The first-order chi connectivity index (χ1) is 6.51. The Morgan fingerprint density at radius 3 is 2.64 bits per heavy atom. The van der Waals surface area contributed by atoms with Crippen LogP contribution in [0, 0.1) is 0 Å². The van der Waals surface area contributed by atoms with Gasteiger partial charge in [0, 0.05) is 4.90 Å². The van der Waals surface area contributed by atoms with E-state index in [-0.39, 0.29) is 5.75 Å². The first-order valence-corrected chi connectivity index (χ1v) is 5.07. The molecule has 0 aliphatic heterocycles. The number of alkyl halides is 3. The van der Waals surface area contributed by atoms with Gasteiger partial charge in [0.1, 0.15) is 5.75 Å². The van der Waals surface area contributed by atoms with Crippen LogP contribution in [-0.2, 0) is 0 Å². The largest absolute Gasteiger partial charge is 0.484 e. The molecule has 1 aromatic rings. The van der Waals surface area contributed by atoms with Crippen molar-refractivity contribution in [1.82, 2.24) is 0 Å². The van der Waals surface area contributed by atoms with E-state index in [2.05, 4.69) is 4.74 Å². The van der Waals surface area contributed by atoms with Crippen molar-refractivity contribution >= 4 is 11.8 Å². The lowest BCUT2D eigenvalue weighted by Crippen LogP contribution is -2.19. The molecule has 0 heterocycles. The monoisotopic (exact) mass is 222 g/mol. The Hall–Kier alpha value is -0.840. The average molecular weight is 222 g/mol. The number of thioether (sulfide) groups is 1. The molecule has 0 spiro atoms. The van der Waals surface area contributed by atoms with Crippen molar-refractivity contribution in [2.75, 3.05) is 12.9 Å². The Morgan fingerprint density at radius 1 is 1.36 bits per heavy atom. The van der Waals surface area contributed by atoms with Crippen molar-refractivity contribution in [3.63, 3.8) is 0 Å². The molecule has 0 aliphatic carbocycles. The zero-order valence-corrected chi connectivity index (χ0v) is 8.28. The molecule has 0 fully saturated rings.